The number of hydrogen-bond donors (Lipinski definition) is 1. The van der Waals surface area contributed by atoms with Gasteiger partial charge in [-0.1, -0.05) is 24.6 Å². The molecule has 1 aliphatic carbocycles. The van der Waals surface area contributed by atoms with Crippen LogP contribution in [0.4, 0.5) is 13.2 Å². The summed E-state index contributed by atoms with van der Waals surface area (Å²) >= 11 is 0. The van der Waals surface area contributed by atoms with Gasteiger partial charge in [0.2, 0.25) is 0 Å². The third-order valence-electron chi connectivity index (χ3n) is 5.57. The summed E-state index contributed by atoms with van der Waals surface area (Å²) in [5, 5.41) is 14.7. The van der Waals surface area contributed by atoms with Gasteiger partial charge in [0.15, 0.2) is 6.61 Å². The number of halogens is 3. The molecule has 3 rings (SSSR count). The predicted octanol–water partition coefficient (Wildman–Crippen LogP) is 3.88. The molecule has 154 valence electrons. The van der Waals surface area contributed by atoms with E-state index in [1.54, 1.807) is 13.8 Å². The minimum absolute atomic E-state index is 0.0157. The van der Waals surface area contributed by atoms with Crippen molar-refractivity contribution in [1.82, 2.24) is 5.01 Å². The maximum absolute atomic E-state index is 13.8. The average molecular weight is 398 g/mol. The highest BCUT2D eigenvalue weighted by atomic mass is 19.4. The molecule has 8 heteroatoms. The molecule has 0 radical (unpaired) electrons. The van der Waals surface area contributed by atoms with Gasteiger partial charge in [0.1, 0.15) is 5.75 Å². The van der Waals surface area contributed by atoms with Crippen LogP contribution < -0.4 is 4.74 Å². The van der Waals surface area contributed by atoms with Gasteiger partial charge in [-0.25, -0.2) is 0 Å². The SMILES string of the molecule is Cc1cc(C)c(OCC(=O)N2N=C3CC[C@H](C)C[C@@H]3[C@@]2(O)C(F)(F)F)c(C)c1. The highest BCUT2D eigenvalue weighted by Crippen LogP contribution is 2.49. The number of rotatable bonds is 3. The zero-order chi connectivity index (χ0) is 20.9. The minimum Gasteiger partial charge on any atom is -0.483 e. The van der Waals surface area contributed by atoms with Gasteiger partial charge >= 0.3 is 6.18 Å². The van der Waals surface area contributed by atoms with Crippen molar-refractivity contribution in [2.75, 3.05) is 6.61 Å². The van der Waals surface area contributed by atoms with Crippen molar-refractivity contribution in [2.24, 2.45) is 16.9 Å². The van der Waals surface area contributed by atoms with Gasteiger partial charge in [-0.15, -0.1) is 0 Å². The van der Waals surface area contributed by atoms with E-state index < -0.39 is 30.3 Å². The summed E-state index contributed by atoms with van der Waals surface area (Å²) in [6, 6.07) is 3.73. The number of fused-ring (bicyclic) bond motifs is 1. The van der Waals surface area contributed by atoms with E-state index in [9.17, 15) is 23.1 Å². The lowest BCUT2D eigenvalue weighted by Crippen LogP contribution is -2.62. The van der Waals surface area contributed by atoms with E-state index in [4.69, 9.17) is 4.74 Å². The van der Waals surface area contributed by atoms with Crippen LogP contribution in [0.3, 0.4) is 0 Å². The molecule has 1 aromatic carbocycles. The number of carbonyl (C=O) groups excluding carboxylic acids is 1. The molecule has 1 amide bonds. The first-order chi connectivity index (χ1) is 12.9. The zero-order valence-electron chi connectivity index (χ0n) is 16.4. The summed E-state index contributed by atoms with van der Waals surface area (Å²) < 4.78 is 47.0. The molecule has 1 N–H and O–H groups in total. The topological polar surface area (TPSA) is 62.1 Å². The standard InChI is InChI=1S/C20H25F3N2O3/c1-11-5-6-16-15(9-11)19(27,20(21,22)23)25(24-16)17(26)10-28-18-13(3)7-12(2)8-14(18)4/h7-8,11,15,27H,5-6,9-10H2,1-4H3/t11-,15-,19+/m0/s1. The summed E-state index contributed by atoms with van der Waals surface area (Å²) in [4.78, 5) is 12.6. The van der Waals surface area contributed by atoms with E-state index in [0.717, 1.165) is 16.7 Å². The number of hydrogen-bond acceptors (Lipinski definition) is 4. The van der Waals surface area contributed by atoms with Crippen LogP contribution in [0.2, 0.25) is 0 Å². The number of nitrogens with zero attached hydrogens (tertiary/aromatic N) is 2. The van der Waals surface area contributed by atoms with Crippen LogP contribution >= 0.6 is 0 Å². The Bertz CT molecular complexity index is 798. The van der Waals surface area contributed by atoms with Gasteiger partial charge in [0, 0.05) is 5.71 Å². The number of hydrazone groups is 1. The fourth-order valence-corrected chi connectivity index (χ4v) is 4.25. The van der Waals surface area contributed by atoms with Gasteiger partial charge in [-0.05, 0) is 57.1 Å². The Morgan fingerprint density at radius 1 is 1.32 bits per heavy atom. The molecular formula is C20H25F3N2O3. The molecule has 0 bridgehead atoms. The molecule has 28 heavy (non-hydrogen) atoms. The Hall–Kier alpha value is -2.09. The molecule has 0 aromatic heterocycles. The van der Waals surface area contributed by atoms with Crippen LogP contribution in [-0.2, 0) is 4.79 Å². The molecular weight excluding hydrogens is 373 g/mol. The number of aliphatic hydroxyl groups is 1. The lowest BCUT2D eigenvalue weighted by atomic mass is 9.76. The van der Waals surface area contributed by atoms with E-state index in [2.05, 4.69) is 5.10 Å². The fourth-order valence-electron chi connectivity index (χ4n) is 4.25. The molecule has 0 unspecified atom stereocenters. The van der Waals surface area contributed by atoms with Crippen molar-refractivity contribution in [2.45, 2.75) is 58.9 Å². The minimum atomic E-state index is -5.02. The Morgan fingerprint density at radius 2 is 1.93 bits per heavy atom. The summed E-state index contributed by atoms with van der Waals surface area (Å²) in [6.07, 6.45) is -3.87. The summed E-state index contributed by atoms with van der Waals surface area (Å²) in [5.41, 5.74) is -0.508. The number of benzene rings is 1. The first-order valence-corrected chi connectivity index (χ1v) is 9.35. The third kappa shape index (κ3) is 3.38. The van der Waals surface area contributed by atoms with Crippen molar-refractivity contribution < 1.29 is 27.8 Å². The normalized spacial score (nSPS) is 27.4. The van der Waals surface area contributed by atoms with Crippen LogP contribution in [0, 0.1) is 32.6 Å². The second kappa shape index (κ2) is 7.06. The molecule has 1 aliphatic heterocycles. The monoisotopic (exact) mass is 398 g/mol. The molecule has 1 saturated carbocycles. The predicted molar refractivity (Wildman–Crippen MR) is 97.9 cm³/mol. The van der Waals surface area contributed by atoms with Crippen molar-refractivity contribution in [3.8, 4) is 5.75 Å². The van der Waals surface area contributed by atoms with E-state index in [0.29, 0.717) is 18.6 Å². The van der Waals surface area contributed by atoms with Gasteiger partial charge < -0.3 is 9.84 Å². The average Bonchev–Trinajstić information content (AvgIpc) is 2.87. The van der Waals surface area contributed by atoms with Crippen molar-refractivity contribution in [3.63, 3.8) is 0 Å². The number of amides is 1. The van der Waals surface area contributed by atoms with E-state index in [-0.39, 0.29) is 23.1 Å². The zero-order valence-corrected chi connectivity index (χ0v) is 16.4. The van der Waals surface area contributed by atoms with Crippen molar-refractivity contribution in [1.29, 1.82) is 0 Å². The van der Waals surface area contributed by atoms with Crippen LogP contribution in [0.5, 0.6) is 5.75 Å². The molecule has 1 aromatic rings. The lowest BCUT2D eigenvalue weighted by Gasteiger charge is -2.39. The summed E-state index contributed by atoms with van der Waals surface area (Å²) in [6.45, 7) is 6.73. The maximum atomic E-state index is 13.8. The van der Waals surface area contributed by atoms with Gasteiger partial charge in [-0.3, -0.25) is 4.79 Å². The molecule has 5 nitrogen and oxygen atoms in total. The summed E-state index contributed by atoms with van der Waals surface area (Å²) in [7, 11) is 0. The Labute approximate surface area is 162 Å². The molecule has 0 spiro atoms. The van der Waals surface area contributed by atoms with E-state index in [1.165, 1.54) is 0 Å². The van der Waals surface area contributed by atoms with Crippen LogP contribution in [0.1, 0.15) is 42.9 Å². The summed E-state index contributed by atoms with van der Waals surface area (Å²) in [5.74, 6) is -1.79. The van der Waals surface area contributed by atoms with Gasteiger partial charge in [0.25, 0.3) is 11.6 Å². The van der Waals surface area contributed by atoms with Crippen LogP contribution in [0.15, 0.2) is 17.2 Å². The quantitative estimate of drug-likeness (QED) is 0.841. The van der Waals surface area contributed by atoms with E-state index >= 15 is 0 Å². The van der Waals surface area contributed by atoms with Crippen molar-refractivity contribution >= 4 is 11.6 Å². The molecule has 0 saturated heterocycles. The van der Waals surface area contributed by atoms with Gasteiger partial charge in [-0.2, -0.15) is 23.3 Å². The van der Waals surface area contributed by atoms with E-state index in [1.807, 2.05) is 26.0 Å². The third-order valence-corrected chi connectivity index (χ3v) is 5.57. The number of carbonyl (C=O) groups is 1. The Balaban J connectivity index is 1.85. The molecule has 1 heterocycles. The van der Waals surface area contributed by atoms with Crippen LogP contribution in [-0.4, -0.2) is 40.2 Å². The van der Waals surface area contributed by atoms with Crippen molar-refractivity contribution in [3.05, 3.63) is 28.8 Å². The number of ether oxygens (including phenoxy) is 1. The number of aryl methyl sites for hydroxylation is 3. The van der Waals surface area contributed by atoms with Gasteiger partial charge in [0.05, 0.1) is 5.92 Å². The Morgan fingerprint density at radius 3 is 2.50 bits per heavy atom. The smallest absolute Gasteiger partial charge is 0.439 e. The van der Waals surface area contributed by atoms with Crippen LogP contribution in [0.25, 0.3) is 0 Å². The number of alkyl halides is 3. The fraction of sp³-hybridized carbons (Fsp3) is 0.600. The largest absolute Gasteiger partial charge is 0.483 e. The Kier molecular flexibility index (Phi) is 5.20. The first-order valence-electron chi connectivity index (χ1n) is 9.35. The molecule has 3 atom stereocenters. The first kappa shape index (κ1) is 20.6. The highest BCUT2D eigenvalue weighted by Gasteiger charge is 2.68. The second-order valence-electron chi connectivity index (χ2n) is 7.97. The second-order valence-corrected chi connectivity index (χ2v) is 7.97. The molecule has 1 fully saturated rings. The lowest BCUT2D eigenvalue weighted by molar-refractivity contribution is -0.318. The molecule has 2 aliphatic rings. The highest BCUT2D eigenvalue weighted by molar-refractivity contribution is 5.93. The maximum Gasteiger partial charge on any atom is 0.439 e.